The summed E-state index contributed by atoms with van der Waals surface area (Å²) >= 11 is 0. The van der Waals surface area contributed by atoms with Crippen LogP contribution >= 0.6 is 0 Å². The summed E-state index contributed by atoms with van der Waals surface area (Å²) in [6.45, 7) is 4.14. The highest BCUT2D eigenvalue weighted by atomic mass is 16.1. The van der Waals surface area contributed by atoms with Gasteiger partial charge in [0, 0.05) is 24.2 Å². The van der Waals surface area contributed by atoms with E-state index in [2.05, 4.69) is 54.6 Å². The van der Waals surface area contributed by atoms with Gasteiger partial charge in [0.05, 0.1) is 11.8 Å². The zero-order valence-electron chi connectivity index (χ0n) is 15.1. The summed E-state index contributed by atoms with van der Waals surface area (Å²) < 4.78 is 1.84. The van der Waals surface area contributed by atoms with Crippen LogP contribution in [0.4, 0.5) is 0 Å². The van der Waals surface area contributed by atoms with Crippen LogP contribution in [0.2, 0.25) is 0 Å². The molecule has 0 radical (unpaired) electrons. The molecule has 0 saturated heterocycles. The number of hydrogen-bond acceptors (Lipinski definition) is 2. The maximum absolute atomic E-state index is 12.8. The van der Waals surface area contributed by atoms with Crippen molar-refractivity contribution in [1.29, 1.82) is 0 Å². The molecule has 132 valence electrons. The molecule has 1 N–H and O–H groups in total. The van der Waals surface area contributed by atoms with E-state index in [4.69, 9.17) is 0 Å². The van der Waals surface area contributed by atoms with Crippen molar-refractivity contribution in [3.8, 4) is 0 Å². The first-order chi connectivity index (χ1) is 12.1. The standard InChI is InChI=1S/C21H27N3O/c1-14(2)24-13-16(12-22-24)21(25)23-20-18-11-7-6-10-17(18)19(20)15-8-4-3-5-9-15/h3-5,8-9,12-14,17-20H,6-7,10-11H2,1-2H3,(H,23,25)/t17-,18+,19+,20+/m1/s1. The fourth-order valence-corrected chi connectivity index (χ4v) is 4.77. The van der Waals surface area contributed by atoms with E-state index >= 15 is 0 Å². The SMILES string of the molecule is CC(C)n1cc(C(=O)N[C@H]2[C@H]3CCCC[C@H]3[C@@H]2c2ccccc2)cn1. The third kappa shape index (κ3) is 2.99. The Morgan fingerprint density at radius 3 is 2.56 bits per heavy atom. The number of amides is 1. The third-order valence-corrected chi connectivity index (χ3v) is 6.06. The Bertz CT molecular complexity index is 737. The van der Waals surface area contributed by atoms with E-state index in [9.17, 15) is 4.79 Å². The van der Waals surface area contributed by atoms with Gasteiger partial charge in [-0.2, -0.15) is 5.10 Å². The lowest BCUT2D eigenvalue weighted by atomic mass is 9.53. The Labute approximate surface area is 149 Å². The molecule has 4 nitrogen and oxygen atoms in total. The summed E-state index contributed by atoms with van der Waals surface area (Å²) in [5, 5.41) is 7.64. The summed E-state index contributed by atoms with van der Waals surface area (Å²) in [4.78, 5) is 12.8. The van der Waals surface area contributed by atoms with Crippen molar-refractivity contribution in [3.05, 3.63) is 53.9 Å². The van der Waals surface area contributed by atoms with Crippen LogP contribution in [0.15, 0.2) is 42.7 Å². The molecule has 4 heteroatoms. The van der Waals surface area contributed by atoms with Crippen LogP contribution in [0, 0.1) is 11.8 Å². The highest BCUT2D eigenvalue weighted by molar-refractivity contribution is 5.94. The Morgan fingerprint density at radius 2 is 1.88 bits per heavy atom. The largest absolute Gasteiger partial charge is 0.348 e. The molecule has 1 aromatic carbocycles. The van der Waals surface area contributed by atoms with Gasteiger partial charge in [-0.25, -0.2) is 0 Å². The topological polar surface area (TPSA) is 46.9 Å². The monoisotopic (exact) mass is 337 g/mol. The number of carbonyl (C=O) groups is 1. The number of fused-ring (bicyclic) bond motifs is 1. The van der Waals surface area contributed by atoms with E-state index < -0.39 is 0 Å². The zero-order chi connectivity index (χ0) is 17.4. The van der Waals surface area contributed by atoms with Gasteiger partial charge in [-0.15, -0.1) is 0 Å². The quantitative estimate of drug-likeness (QED) is 0.910. The molecule has 25 heavy (non-hydrogen) atoms. The molecular formula is C21H27N3O. The third-order valence-electron chi connectivity index (χ3n) is 6.06. The molecule has 1 amide bonds. The summed E-state index contributed by atoms with van der Waals surface area (Å²) in [5.74, 6) is 1.82. The van der Waals surface area contributed by atoms with E-state index in [1.807, 2.05) is 10.9 Å². The lowest BCUT2D eigenvalue weighted by Gasteiger charge is -2.55. The maximum atomic E-state index is 12.8. The van der Waals surface area contributed by atoms with Gasteiger partial charge in [-0.3, -0.25) is 9.48 Å². The Kier molecular flexibility index (Phi) is 4.36. The lowest BCUT2D eigenvalue weighted by Crippen LogP contribution is -2.59. The summed E-state index contributed by atoms with van der Waals surface area (Å²) in [7, 11) is 0. The van der Waals surface area contributed by atoms with Gasteiger partial charge in [0.2, 0.25) is 0 Å². The van der Waals surface area contributed by atoms with E-state index in [0.29, 0.717) is 17.4 Å². The van der Waals surface area contributed by atoms with E-state index in [1.54, 1.807) is 6.20 Å². The van der Waals surface area contributed by atoms with Crippen LogP contribution in [0.5, 0.6) is 0 Å². The summed E-state index contributed by atoms with van der Waals surface area (Å²) in [6, 6.07) is 11.2. The smallest absolute Gasteiger partial charge is 0.254 e. The van der Waals surface area contributed by atoms with Crippen LogP contribution in [0.25, 0.3) is 0 Å². The van der Waals surface area contributed by atoms with E-state index in [0.717, 1.165) is 5.92 Å². The van der Waals surface area contributed by atoms with Crippen molar-refractivity contribution in [2.75, 3.05) is 0 Å². The molecule has 0 bridgehead atoms. The van der Waals surface area contributed by atoms with Crippen molar-refractivity contribution in [2.24, 2.45) is 11.8 Å². The number of nitrogens with one attached hydrogen (secondary N) is 1. The van der Waals surface area contributed by atoms with Crippen molar-refractivity contribution in [2.45, 2.75) is 57.5 Å². The summed E-state index contributed by atoms with van der Waals surface area (Å²) in [5.41, 5.74) is 2.04. The zero-order valence-corrected chi connectivity index (χ0v) is 15.1. The van der Waals surface area contributed by atoms with Crippen molar-refractivity contribution >= 4 is 5.91 Å². The second-order valence-electron chi connectivity index (χ2n) is 7.85. The number of hydrogen-bond donors (Lipinski definition) is 1. The first-order valence-corrected chi connectivity index (χ1v) is 9.55. The second kappa shape index (κ2) is 6.66. The molecule has 1 aromatic heterocycles. The molecule has 2 fully saturated rings. The molecule has 1 heterocycles. The minimum atomic E-state index is 0.0156. The van der Waals surface area contributed by atoms with Crippen LogP contribution < -0.4 is 5.32 Å². The Hall–Kier alpha value is -2.10. The van der Waals surface area contributed by atoms with Gasteiger partial charge in [0.25, 0.3) is 5.91 Å². The normalized spacial score (nSPS) is 28.3. The van der Waals surface area contributed by atoms with Crippen molar-refractivity contribution < 1.29 is 4.79 Å². The lowest BCUT2D eigenvalue weighted by molar-refractivity contribution is 0.0252. The Balaban J connectivity index is 1.53. The molecule has 2 aliphatic rings. The first-order valence-electron chi connectivity index (χ1n) is 9.55. The number of benzene rings is 1. The Morgan fingerprint density at radius 1 is 1.16 bits per heavy atom. The average molecular weight is 337 g/mol. The molecule has 0 unspecified atom stereocenters. The highest BCUT2D eigenvalue weighted by Gasteiger charge is 2.51. The van der Waals surface area contributed by atoms with Crippen LogP contribution in [0.1, 0.15) is 67.4 Å². The van der Waals surface area contributed by atoms with Crippen LogP contribution in [-0.2, 0) is 0 Å². The van der Waals surface area contributed by atoms with Crippen molar-refractivity contribution in [1.82, 2.24) is 15.1 Å². The van der Waals surface area contributed by atoms with Gasteiger partial charge in [0.15, 0.2) is 0 Å². The van der Waals surface area contributed by atoms with Crippen LogP contribution in [-0.4, -0.2) is 21.7 Å². The maximum Gasteiger partial charge on any atom is 0.254 e. The minimum Gasteiger partial charge on any atom is -0.348 e. The van der Waals surface area contributed by atoms with E-state index in [1.165, 1.54) is 31.2 Å². The second-order valence-corrected chi connectivity index (χ2v) is 7.85. The minimum absolute atomic E-state index is 0.0156. The van der Waals surface area contributed by atoms with Gasteiger partial charge in [-0.05, 0) is 44.1 Å². The van der Waals surface area contributed by atoms with Crippen molar-refractivity contribution in [3.63, 3.8) is 0 Å². The number of aromatic nitrogens is 2. The average Bonchev–Trinajstić information content (AvgIpc) is 3.11. The molecule has 4 atom stereocenters. The predicted molar refractivity (Wildman–Crippen MR) is 98.5 cm³/mol. The number of carbonyl (C=O) groups excluding carboxylic acids is 1. The number of rotatable bonds is 4. The number of nitrogens with zero attached hydrogens (tertiary/aromatic N) is 2. The molecule has 0 spiro atoms. The molecular weight excluding hydrogens is 310 g/mol. The summed E-state index contributed by atoms with van der Waals surface area (Å²) in [6.07, 6.45) is 8.69. The van der Waals surface area contributed by atoms with Gasteiger partial charge in [-0.1, -0.05) is 43.2 Å². The fourth-order valence-electron chi connectivity index (χ4n) is 4.77. The first kappa shape index (κ1) is 16.4. The highest BCUT2D eigenvalue weighted by Crippen LogP contribution is 2.54. The molecule has 2 aromatic rings. The molecule has 2 aliphatic carbocycles. The molecule has 0 aliphatic heterocycles. The fraction of sp³-hybridized carbons (Fsp3) is 0.524. The van der Waals surface area contributed by atoms with E-state index in [-0.39, 0.29) is 18.0 Å². The van der Waals surface area contributed by atoms with Gasteiger partial charge >= 0.3 is 0 Å². The van der Waals surface area contributed by atoms with Gasteiger partial charge in [0.1, 0.15) is 0 Å². The molecule has 2 saturated carbocycles. The van der Waals surface area contributed by atoms with Crippen LogP contribution in [0.3, 0.4) is 0 Å². The molecule has 4 rings (SSSR count). The predicted octanol–water partition coefficient (Wildman–Crippen LogP) is 4.17. The van der Waals surface area contributed by atoms with Gasteiger partial charge < -0.3 is 5.32 Å².